The van der Waals surface area contributed by atoms with Crippen LogP contribution in [0.2, 0.25) is 0 Å². The summed E-state index contributed by atoms with van der Waals surface area (Å²) in [6, 6.07) is 48.4. The van der Waals surface area contributed by atoms with Gasteiger partial charge in [-0.05, 0) is 34.7 Å². The van der Waals surface area contributed by atoms with Crippen LogP contribution < -0.4 is 4.74 Å². The molecule has 7 rings (SSSR count). The van der Waals surface area contributed by atoms with Crippen LogP contribution in [0.3, 0.4) is 0 Å². The molecule has 0 saturated carbocycles. The van der Waals surface area contributed by atoms with E-state index in [9.17, 15) is 9.59 Å². The van der Waals surface area contributed by atoms with Crippen molar-refractivity contribution in [3.05, 3.63) is 174 Å². The zero-order chi connectivity index (χ0) is 37.1. The summed E-state index contributed by atoms with van der Waals surface area (Å²) in [4.78, 5) is 34.8. The van der Waals surface area contributed by atoms with Crippen molar-refractivity contribution in [2.45, 2.75) is 20.1 Å². The van der Waals surface area contributed by atoms with E-state index < -0.39 is 11.9 Å². The van der Waals surface area contributed by atoms with Crippen LogP contribution in [0, 0.1) is 0 Å². The van der Waals surface area contributed by atoms with E-state index in [-0.39, 0.29) is 31.2 Å². The maximum atomic E-state index is 14.3. The second kappa shape index (κ2) is 17.3. The Morgan fingerprint density at radius 1 is 0.481 bits per heavy atom. The fourth-order valence-electron chi connectivity index (χ4n) is 6.49. The average molecular weight is 717 g/mol. The molecule has 7 aromatic rings. The van der Waals surface area contributed by atoms with Crippen LogP contribution in [-0.4, -0.2) is 41.7 Å². The highest BCUT2D eigenvalue weighted by atomic mass is 16.5. The molecule has 270 valence electrons. The molecular weight excluding hydrogens is 677 g/mol. The number of carbonyl (C=O) groups is 2. The molecule has 2 heterocycles. The van der Waals surface area contributed by atoms with Crippen molar-refractivity contribution in [2.24, 2.45) is 0 Å². The fraction of sp³-hybridized carbons (Fsp3) is 0.130. The van der Waals surface area contributed by atoms with Crippen molar-refractivity contribution in [3.63, 3.8) is 0 Å². The SMILES string of the molecule is CCOCCOc1[nH]c(C(=O)OCc2[nH]c(C(=O)OCc3ccccc3)c(-c3ccccc3)c2-c2ccccc2)c(-c2ccccc2)c1-c1ccccc1. The summed E-state index contributed by atoms with van der Waals surface area (Å²) < 4.78 is 23.8. The van der Waals surface area contributed by atoms with E-state index in [0.29, 0.717) is 35.9 Å². The van der Waals surface area contributed by atoms with Gasteiger partial charge in [-0.15, -0.1) is 0 Å². The molecule has 2 N–H and O–H groups in total. The lowest BCUT2D eigenvalue weighted by Gasteiger charge is -2.11. The number of carbonyl (C=O) groups excluding carboxylic acids is 2. The Bertz CT molecular complexity index is 2280. The van der Waals surface area contributed by atoms with E-state index in [4.69, 9.17) is 18.9 Å². The van der Waals surface area contributed by atoms with Gasteiger partial charge in [0.2, 0.25) is 0 Å². The maximum absolute atomic E-state index is 14.3. The van der Waals surface area contributed by atoms with Gasteiger partial charge in [-0.25, -0.2) is 9.59 Å². The molecule has 0 saturated heterocycles. The second-order valence-electron chi connectivity index (χ2n) is 12.5. The number of esters is 2. The van der Waals surface area contributed by atoms with E-state index in [1.165, 1.54) is 0 Å². The predicted molar refractivity (Wildman–Crippen MR) is 210 cm³/mol. The van der Waals surface area contributed by atoms with Crippen molar-refractivity contribution < 1.29 is 28.5 Å². The summed E-state index contributed by atoms with van der Waals surface area (Å²) in [5.74, 6) is -0.676. The van der Waals surface area contributed by atoms with Crippen LogP contribution in [-0.2, 0) is 27.4 Å². The van der Waals surface area contributed by atoms with E-state index in [0.717, 1.165) is 38.9 Å². The summed E-state index contributed by atoms with van der Waals surface area (Å²) in [6.07, 6.45) is 0. The number of rotatable bonds is 15. The molecule has 0 atom stereocenters. The molecule has 8 heteroatoms. The number of aromatic nitrogens is 2. The van der Waals surface area contributed by atoms with Crippen LogP contribution in [0.15, 0.2) is 152 Å². The van der Waals surface area contributed by atoms with Gasteiger partial charge in [0, 0.05) is 23.3 Å². The molecule has 0 amide bonds. The lowest BCUT2D eigenvalue weighted by Crippen LogP contribution is -2.09. The van der Waals surface area contributed by atoms with Crippen LogP contribution in [0.1, 0.15) is 39.2 Å². The minimum Gasteiger partial charge on any atom is -0.476 e. The van der Waals surface area contributed by atoms with Crippen molar-refractivity contribution in [1.82, 2.24) is 9.97 Å². The topological polar surface area (TPSA) is 103 Å². The van der Waals surface area contributed by atoms with Gasteiger partial charge in [0.05, 0.1) is 17.9 Å². The van der Waals surface area contributed by atoms with E-state index in [1.807, 2.05) is 159 Å². The largest absolute Gasteiger partial charge is 0.476 e. The van der Waals surface area contributed by atoms with Crippen LogP contribution >= 0.6 is 0 Å². The number of ether oxygens (including phenoxy) is 4. The summed E-state index contributed by atoms with van der Waals surface area (Å²) in [7, 11) is 0. The van der Waals surface area contributed by atoms with Crippen molar-refractivity contribution in [3.8, 4) is 50.4 Å². The summed E-state index contributed by atoms with van der Waals surface area (Å²) in [6.45, 7) is 3.10. The van der Waals surface area contributed by atoms with Gasteiger partial charge in [-0.3, -0.25) is 0 Å². The molecule has 0 aliphatic heterocycles. The Labute approximate surface area is 314 Å². The molecule has 8 nitrogen and oxygen atoms in total. The summed E-state index contributed by atoms with van der Waals surface area (Å²) in [5, 5.41) is 0. The van der Waals surface area contributed by atoms with Gasteiger partial charge in [-0.1, -0.05) is 152 Å². The summed E-state index contributed by atoms with van der Waals surface area (Å²) >= 11 is 0. The van der Waals surface area contributed by atoms with Gasteiger partial charge in [0.1, 0.15) is 31.2 Å². The van der Waals surface area contributed by atoms with E-state index >= 15 is 0 Å². The lowest BCUT2D eigenvalue weighted by molar-refractivity contribution is 0.0460. The zero-order valence-corrected chi connectivity index (χ0v) is 29.9. The van der Waals surface area contributed by atoms with Gasteiger partial charge in [0.15, 0.2) is 5.88 Å². The minimum atomic E-state index is -0.589. The third-order valence-corrected chi connectivity index (χ3v) is 8.94. The highest BCUT2D eigenvalue weighted by Crippen LogP contribution is 2.43. The molecule has 0 unspecified atom stereocenters. The van der Waals surface area contributed by atoms with Gasteiger partial charge in [0.25, 0.3) is 0 Å². The molecule has 0 spiro atoms. The van der Waals surface area contributed by atoms with E-state index in [1.54, 1.807) is 0 Å². The fourth-order valence-corrected chi connectivity index (χ4v) is 6.49. The van der Waals surface area contributed by atoms with Crippen molar-refractivity contribution in [1.29, 1.82) is 0 Å². The monoisotopic (exact) mass is 716 g/mol. The second-order valence-corrected chi connectivity index (χ2v) is 12.5. The molecular formula is C46H40N2O6. The summed E-state index contributed by atoms with van der Waals surface area (Å²) in [5.41, 5.74) is 8.07. The number of H-pyrrole nitrogens is 2. The van der Waals surface area contributed by atoms with Crippen LogP contribution in [0.5, 0.6) is 5.88 Å². The van der Waals surface area contributed by atoms with Crippen molar-refractivity contribution >= 4 is 11.9 Å². The molecule has 0 aliphatic rings. The number of benzene rings is 5. The predicted octanol–water partition coefficient (Wildman–Crippen LogP) is 10.1. The molecule has 54 heavy (non-hydrogen) atoms. The van der Waals surface area contributed by atoms with Crippen LogP contribution in [0.25, 0.3) is 44.5 Å². The quantitative estimate of drug-likeness (QED) is 0.0809. The highest BCUT2D eigenvalue weighted by molar-refractivity contribution is 6.04. The standard InChI is InChI=1S/C46H40N2O6/c1-2-51-28-29-52-44-41(36-26-16-7-17-27-36)40(35-24-14-6-15-25-35)43(48-44)46(50)54-31-37-38(33-20-10-4-11-21-33)39(34-22-12-5-13-23-34)42(47-37)45(49)53-30-32-18-8-3-9-19-32/h3-27,47-48H,2,28-31H2,1H3. The van der Waals surface area contributed by atoms with Gasteiger partial charge < -0.3 is 28.9 Å². The number of nitrogens with one attached hydrogen (secondary N) is 2. The zero-order valence-electron chi connectivity index (χ0n) is 29.9. The third-order valence-electron chi connectivity index (χ3n) is 8.94. The van der Waals surface area contributed by atoms with Gasteiger partial charge in [-0.2, -0.15) is 0 Å². The van der Waals surface area contributed by atoms with Gasteiger partial charge >= 0.3 is 11.9 Å². The normalized spacial score (nSPS) is 10.9. The first-order chi connectivity index (χ1) is 26.6. The minimum absolute atomic E-state index is 0.103. The first-order valence-electron chi connectivity index (χ1n) is 17.9. The highest BCUT2D eigenvalue weighted by Gasteiger charge is 2.29. The molecule has 0 bridgehead atoms. The Balaban J connectivity index is 1.29. The van der Waals surface area contributed by atoms with Crippen molar-refractivity contribution in [2.75, 3.05) is 19.8 Å². The smallest absolute Gasteiger partial charge is 0.355 e. The number of hydrogen-bond donors (Lipinski definition) is 2. The number of hydrogen-bond acceptors (Lipinski definition) is 6. The first-order valence-corrected chi connectivity index (χ1v) is 17.9. The molecule has 0 fully saturated rings. The Hall–Kier alpha value is -6.64. The van der Waals surface area contributed by atoms with E-state index in [2.05, 4.69) is 9.97 Å². The third kappa shape index (κ3) is 8.04. The average Bonchev–Trinajstić information content (AvgIpc) is 3.82. The Morgan fingerprint density at radius 2 is 0.907 bits per heavy atom. The molecule has 0 aliphatic carbocycles. The maximum Gasteiger partial charge on any atom is 0.355 e. The Morgan fingerprint density at radius 3 is 1.43 bits per heavy atom. The number of aromatic amines is 2. The molecule has 2 aromatic heterocycles. The first kappa shape index (κ1) is 35.7. The lowest BCUT2D eigenvalue weighted by atomic mass is 9.95. The van der Waals surface area contributed by atoms with Crippen LogP contribution in [0.4, 0.5) is 0 Å². The molecule has 0 radical (unpaired) electrons. The Kier molecular flexibility index (Phi) is 11.4. The molecule has 5 aromatic carbocycles.